The summed E-state index contributed by atoms with van der Waals surface area (Å²) < 4.78 is -0.225. The Bertz CT molecular complexity index is 686. The van der Waals surface area contributed by atoms with Crippen LogP contribution in [0.2, 0.25) is 0 Å². The standard InChI is InChI=1S/C28H45ClOS/c1-17(2)7-6-8-18(3)22-11-12-24-23-10-9-20-16-21(31-27(29)30)13-14-28(20,5)25(23)15-19(4)26(22)24/h9,17-19,21-26H,6-8,10-16H2,1-5H3/t18-,19+,21+,22-,23-,24+,25+,26+,28-/m0/s1. The molecule has 0 aliphatic heterocycles. The van der Waals surface area contributed by atoms with E-state index in [1.807, 2.05) is 0 Å². The summed E-state index contributed by atoms with van der Waals surface area (Å²) in [6.45, 7) is 12.5. The lowest BCUT2D eigenvalue weighted by Crippen LogP contribution is -2.49. The molecule has 0 aromatic carbocycles. The minimum absolute atomic E-state index is 0.225. The van der Waals surface area contributed by atoms with Crippen molar-refractivity contribution in [2.75, 3.05) is 0 Å². The summed E-state index contributed by atoms with van der Waals surface area (Å²) in [6.07, 6.45) is 16.0. The molecule has 31 heavy (non-hydrogen) atoms. The number of thioether (sulfide) groups is 1. The Morgan fingerprint density at radius 1 is 1.19 bits per heavy atom. The summed E-state index contributed by atoms with van der Waals surface area (Å²) in [5, 5.41) is 0.400. The second kappa shape index (κ2) is 9.73. The normalized spacial score (nSPS) is 43.1. The number of rotatable bonds is 6. The molecule has 4 aliphatic rings. The van der Waals surface area contributed by atoms with Crippen molar-refractivity contribution < 1.29 is 4.79 Å². The van der Waals surface area contributed by atoms with Gasteiger partial charge in [0.2, 0.25) is 0 Å². The van der Waals surface area contributed by atoms with Crippen molar-refractivity contribution >= 4 is 27.9 Å². The van der Waals surface area contributed by atoms with E-state index in [0.29, 0.717) is 10.7 Å². The van der Waals surface area contributed by atoms with E-state index in [-0.39, 0.29) is 4.57 Å². The Labute approximate surface area is 200 Å². The molecule has 3 heteroatoms. The van der Waals surface area contributed by atoms with E-state index >= 15 is 0 Å². The monoisotopic (exact) mass is 464 g/mol. The summed E-state index contributed by atoms with van der Waals surface area (Å²) >= 11 is 7.07. The number of hydrogen-bond acceptors (Lipinski definition) is 2. The van der Waals surface area contributed by atoms with Gasteiger partial charge in [-0.05, 0) is 109 Å². The Kier molecular flexibility index (Phi) is 7.59. The molecule has 1 nitrogen and oxygen atoms in total. The molecule has 3 saturated carbocycles. The van der Waals surface area contributed by atoms with E-state index in [1.165, 1.54) is 63.1 Å². The first-order valence-electron chi connectivity index (χ1n) is 13.3. The average molecular weight is 465 g/mol. The van der Waals surface area contributed by atoms with Gasteiger partial charge in [0.25, 0.3) is 4.57 Å². The number of carbonyl (C=O) groups excluding carboxylic acids is 1. The highest BCUT2D eigenvalue weighted by molar-refractivity contribution is 8.17. The van der Waals surface area contributed by atoms with Gasteiger partial charge in [0, 0.05) is 5.25 Å². The Hall–Kier alpha value is 0.0500. The predicted octanol–water partition coefficient (Wildman–Crippen LogP) is 9.34. The van der Waals surface area contributed by atoms with Gasteiger partial charge in [0.15, 0.2) is 0 Å². The maximum atomic E-state index is 11.4. The van der Waals surface area contributed by atoms with Crippen LogP contribution in [0.4, 0.5) is 4.79 Å². The van der Waals surface area contributed by atoms with E-state index < -0.39 is 0 Å². The molecule has 0 spiro atoms. The minimum Gasteiger partial charge on any atom is -0.268 e. The Balaban J connectivity index is 1.46. The summed E-state index contributed by atoms with van der Waals surface area (Å²) in [5.41, 5.74) is 2.04. The Morgan fingerprint density at radius 2 is 1.97 bits per heavy atom. The highest BCUT2D eigenvalue weighted by Crippen LogP contribution is 2.64. The van der Waals surface area contributed by atoms with Gasteiger partial charge in [-0.3, -0.25) is 4.79 Å². The molecule has 0 bridgehead atoms. The van der Waals surface area contributed by atoms with E-state index in [0.717, 1.165) is 60.2 Å². The number of fused-ring (bicyclic) bond motifs is 5. The zero-order chi connectivity index (χ0) is 22.3. The van der Waals surface area contributed by atoms with Crippen molar-refractivity contribution in [2.24, 2.45) is 52.8 Å². The largest absolute Gasteiger partial charge is 0.279 e. The molecule has 3 fully saturated rings. The first-order chi connectivity index (χ1) is 14.7. The van der Waals surface area contributed by atoms with Crippen molar-refractivity contribution in [1.29, 1.82) is 0 Å². The van der Waals surface area contributed by atoms with Crippen LogP contribution in [-0.4, -0.2) is 9.82 Å². The van der Waals surface area contributed by atoms with E-state index in [1.54, 1.807) is 5.57 Å². The van der Waals surface area contributed by atoms with Crippen molar-refractivity contribution in [1.82, 2.24) is 0 Å². The minimum atomic E-state index is -0.225. The molecule has 0 aromatic heterocycles. The third-order valence-electron chi connectivity index (χ3n) is 10.2. The molecule has 0 aromatic rings. The van der Waals surface area contributed by atoms with Crippen LogP contribution < -0.4 is 0 Å². The molecular weight excluding hydrogens is 420 g/mol. The zero-order valence-electron chi connectivity index (χ0n) is 20.5. The molecular formula is C28H45ClOS. The second-order valence-corrected chi connectivity index (χ2v) is 14.2. The summed E-state index contributed by atoms with van der Waals surface area (Å²) in [4.78, 5) is 11.4. The van der Waals surface area contributed by atoms with Gasteiger partial charge >= 0.3 is 0 Å². The van der Waals surface area contributed by atoms with E-state index in [2.05, 4.69) is 40.7 Å². The van der Waals surface area contributed by atoms with E-state index in [4.69, 9.17) is 11.6 Å². The second-order valence-electron chi connectivity index (χ2n) is 12.4. The van der Waals surface area contributed by atoms with Gasteiger partial charge in [-0.25, -0.2) is 0 Å². The first-order valence-corrected chi connectivity index (χ1v) is 14.5. The van der Waals surface area contributed by atoms with Crippen LogP contribution in [0.5, 0.6) is 0 Å². The van der Waals surface area contributed by atoms with Crippen LogP contribution >= 0.6 is 23.4 Å². The fourth-order valence-electron chi connectivity index (χ4n) is 8.71. The van der Waals surface area contributed by atoms with Crippen LogP contribution in [0.1, 0.15) is 98.8 Å². The molecule has 4 aliphatic carbocycles. The lowest BCUT2D eigenvalue weighted by Gasteiger charge is -2.57. The molecule has 0 saturated heterocycles. The number of hydrogen-bond donors (Lipinski definition) is 0. The fourth-order valence-corrected chi connectivity index (χ4v) is 9.85. The summed E-state index contributed by atoms with van der Waals surface area (Å²) in [7, 11) is 0. The Morgan fingerprint density at radius 3 is 2.68 bits per heavy atom. The van der Waals surface area contributed by atoms with Crippen LogP contribution in [0.25, 0.3) is 0 Å². The van der Waals surface area contributed by atoms with Gasteiger partial charge in [-0.1, -0.05) is 77.3 Å². The van der Waals surface area contributed by atoms with Gasteiger partial charge in [0.1, 0.15) is 0 Å². The highest BCUT2D eigenvalue weighted by atomic mass is 35.5. The van der Waals surface area contributed by atoms with Crippen molar-refractivity contribution in [3.8, 4) is 0 Å². The molecule has 0 unspecified atom stereocenters. The molecule has 9 atom stereocenters. The molecule has 0 N–H and O–H groups in total. The van der Waals surface area contributed by atoms with E-state index in [9.17, 15) is 4.79 Å². The molecule has 0 amide bonds. The smallest absolute Gasteiger partial charge is 0.268 e. The van der Waals surface area contributed by atoms with Gasteiger partial charge < -0.3 is 0 Å². The zero-order valence-corrected chi connectivity index (χ0v) is 22.1. The van der Waals surface area contributed by atoms with Crippen LogP contribution in [0.3, 0.4) is 0 Å². The average Bonchev–Trinajstić information content (AvgIpc) is 3.14. The van der Waals surface area contributed by atoms with Crippen molar-refractivity contribution in [3.63, 3.8) is 0 Å². The summed E-state index contributed by atoms with van der Waals surface area (Å²) in [6, 6.07) is 0. The highest BCUT2D eigenvalue weighted by Gasteiger charge is 2.56. The maximum Gasteiger partial charge on any atom is 0.279 e. The lowest BCUT2D eigenvalue weighted by molar-refractivity contribution is -0.0300. The number of carbonyl (C=O) groups is 1. The van der Waals surface area contributed by atoms with Crippen LogP contribution in [-0.2, 0) is 0 Å². The molecule has 4 rings (SSSR count). The maximum absolute atomic E-state index is 11.4. The predicted molar refractivity (Wildman–Crippen MR) is 136 cm³/mol. The van der Waals surface area contributed by atoms with Gasteiger partial charge in [-0.2, -0.15) is 0 Å². The first kappa shape index (κ1) is 24.2. The molecule has 0 radical (unpaired) electrons. The van der Waals surface area contributed by atoms with Crippen molar-refractivity contribution in [3.05, 3.63) is 11.6 Å². The van der Waals surface area contributed by atoms with Crippen molar-refractivity contribution in [2.45, 2.75) is 104 Å². The quantitative estimate of drug-likeness (QED) is 0.287. The third-order valence-corrected chi connectivity index (χ3v) is 11.4. The summed E-state index contributed by atoms with van der Waals surface area (Å²) in [5.74, 6) is 7.27. The number of allylic oxidation sites excluding steroid dienone is 2. The fraction of sp³-hybridized carbons (Fsp3) is 0.893. The topological polar surface area (TPSA) is 17.1 Å². The number of halogens is 1. The molecule has 0 heterocycles. The van der Waals surface area contributed by atoms with Crippen LogP contribution in [0, 0.1) is 52.8 Å². The van der Waals surface area contributed by atoms with Gasteiger partial charge in [-0.15, -0.1) is 0 Å². The third kappa shape index (κ3) is 4.82. The lowest BCUT2D eigenvalue weighted by atomic mass is 9.48. The van der Waals surface area contributed by atoms with Gasteiger partial charge in [0.05, 0.1) is 0 Å². The molecule has 176 valence electrons. The SMILES string of the molecule is CC(C)CCC[C@H](C)[C@@H]1CC[C@@H]2[C@@H]3CC=C4C[C@H](SC(=O)Cl)CC[C@]4(C)[C@@H]3C[C@@H](C)[C@@H]21. The van der Waals surface area contributed by atoms with Crippen LogP contribution in [0.15, 0.2) is 11.6 Å².